The summed E-state index contributed by atoms with van der Waals surface area (Å²) < 4.78 is 11.4. The molecule has 1 amide bonds. The molecule has 3 aromatic carbocycles. The minimum atomic E-state index is -0.0190. The highest BCUT2D eigenvalue weighted by Gasteiger charge is 2.23. The fourth-order valence-electron chi connectivity index (χ4n) is 3.91. The van der Waals surface area contributed by atoms with E-state index in [1.54, 1.807) is 32.2 Å². The summed E-state index contributed by atoms with van der Waals surface area (Å²) in [5.41, 5.74) is 3.41. The number of ether oxygens (including phenoxy) is 2. The van der Waals surface area contributed by atoms with Gasteiger partial charge in [-0.15, -0.1) is 0 Å². The van der Waals surface area contributed by atoms with E-state index >= 15 is 0 Å². The fourth-order valence-corrected chi connectivity index (χ4v) is 3.91. The summed E-state index contributed by atoms with van der Waals surface area (Å²) in [5, 5.41) is 0. The molecule has 1 aliphatic rings. The van der Waals surface area contributed by atoms with Crippen molar-refractivity contribution in [2.75, 3.05) is 38.2 Å². The van der Waals surface area contributed by atoms with Crippen molar-refractivity contribution in [2.24, 2.45) is 0 Å². The summed E-state index contributed by atoms with van der Waals surface area (Å²) >= 11 is 0. The normalized spacial score (nSPS) is 13.5. The highest BCUT2D eigenvalue weighted by molar-refractivity contribution is 5.95. The number of hydrogen-bond donors (Lipinski definition) is 0. The SMILES string of the molecule is COc1cc(C(=O)N2CCN(c3ccc(C(C)=O)cc3)CC2)ccc1OCc1ccccc1. The second-order valence-electron chi connectivity index (χ2n) is 8.02. The lowest BCUT2D eigenvalue weighted by molar-refractivity contribution is 0.0746. The van der Waals surface area contributed by atoms with Gasteiger partial charge < -0.3 is 19.3 Å². The van der Waals surface area contributed by atoms with E-state index < -0.39 is 0 Å². The largest absolute Gasteiger partial charge is 0.493 e. The Morgan fingerprint density at radius 2 is 1.48 bits per heavy atom. The Morgan fingerprint density at radius 1 is 0.818 bits per heavy atom. The molecule has 0 aromatic heterocycles. The summed E-state index contributed by atoms with van der Waals surface area (Å²) in [4.78, 5) is 28.7. The van der Waals surface area contributed by atoms with Crippen molar-refractivity contribution in [3.63, 3.8) is 0 Å². The number of carbonyl (C=O) groups excluding carboxylic acids is 2. The molecule has 0 aliphatic carbocycles. The minimum Gasteiger partial charge on any atom is -0.493 e. The molecule has 1 aliphatic heterocycles. The molecular formula is C27H28N2O4. The highest BCUT2D eigenvalue weighted by Crippen LogP contribution is 2.29. The fraction of sp³-hybridized carbons (Fsp3) is 0.259. The van der Waals surface area contributed by atoms with Gasteiger partial charge in [0.15, 0.2) is 17.3 Å². The summed E-state index contributed by atoms with van der Waals surface area (Å²) in [6.45, 7) is 4.72. The molecule has 1 fully saturated rings. The van der Waals surface area contributed by atoms with Crippen LogP contribution in [0.2, 0.25) is 0 Å². The van der Waals surface area contributed by atoms with Gasteiger partial charge in [-0.2, -0.15) is 0 Å². The molecule has 6 heteroatoms. The van der Waals surface area contributed by atoms with Crippen molar-refractivity contribution in [3.05, 3.63) is 89.5 Å². The van der Waals surface area contributed by atoms with Gasteiger partial charge in [-0.1, -0.05) is 30.3 Å². The number of benzene rings is 3. The molecular weight excluding hydrogens is 416 g/mol. The number of nitrogens with zero attached hydrogens (tertiary/aromatic N) is 2. The van der Waals surface area contributed by atoms with Crippen LogP contribution in [0.3, 0.4) is 0 Å². The first kappa shape index (κ1) is 22.4. The Hall–Kier alpha value is -3.80. The van der Waals surface area contributed by atoms with E-state index in [0.717, 1.165) is 24.3 Å². The van der Waals surface area contributed by atoms with E-state index in [2.05, 4.69) is 4.90 Å². The number of anilines is 1. The first-order valence-corrected chi connectivity index (χ1v) is 11.0. The summed E-state index contributed by atoms with van der Waals surface area (Å²) in [5.74, 6) is 1.19. The lowest BCUT2D eigenvalue weighted by atomic mass is 10.1. The summed E-state index contributed by atoms with van der Waals surface area (Å²) in [7, 11) is 1.58. The van der Waals surface area contributed by atoms with E-state index in [1.807, 2.05) is 59.5 Å². The quantitative estimate of drug-likeness (QED) is 0.505. The van der Waals surface area contributed by atoms with E-state index in [9.17, 15) is 9.59 Å². The van der Waals surface area contributed by atoms with Gasteiger partial charge >= 0.3 is 0 Å². The number of hydrogen-bond acceptors (Lipinski definition) is 5. The van der Waals surface area contributed by atoms with Crippen LogP contribution in [0.15, 0.2) is 72.8 Å². The topological polar surface area (TPSA) is 59.1 Å². The van der Waals surface area contributed by atoms with Crippen LogP contribution >= 0.6 is 0 Å². The lowest BCUT2D eigenvalue weighted by Crippen LogP contribution is -2.48. The van der Waals surface area contributed by atoms with Crippen molar-refractivity contribution in [2.45, 2.75) is 13.5 Å². The zero-order valence-corrected chi connectivity index (χ0v) is 19.0. The number of piperazine rings is 1. The van der Waals surface area contributed by atoms with E-state index in [-0.39, 0.29) is 11.7 Å². The van der Waals surface area contributed by atoms with Crippen molar-refractivity contribution < 1.29 is 19.1 Å². The number of methoxy groups -OCH3 is 1. The molecule has 4 rings (SSSR count). The molecule has 170 valence electrons. The van der Waals surface area contributed by atoms with Gasteiger partial charge in [0, 0.05) is 43.0 Å². The molecule has 0 N–H and O–H groups in total. The minimum absolute atomic E-state index is 0.0190. The highest BCUT2D eigenvalue weighted by atomic mass is 16.5. The van der Waals surface area contributed by atoms with Crippen molar-refractivity contribution in [1.82, 2.24) is 4.90 Å². The molecule has 3 aromatic rings. The second kappa shape index (κ2) is 10.2. The Balaban J connectivity index is 1.37. The Bertz CT molecular complexity index is 1100. The van der Waals surface area contributed by atoms with Gasteiger partial charge in [0.1, 0.15) is 6.61 Å². The third-order valence-corrected chi connectivity index (χ3v) is 5.85. The average Bonchev–Trinajstić information content (AvgIpc) is 2.87. The molecule has 0 radical (unpaired) electrons. The number of Topliss-reactive ketones (excluding diaryl/α,β-unsaturated/α-hetero) is 1. The lowest BCUT2D eigenvalue weighted by Gasteiger charge is -2.36. The number of ketones is 1. The third-order valence-electron chi connectivity index (χ3n) is 5.85. The Morgan fingerprint density at radius 3 is 2.12 bits per heavy atom. The van der Waals surface area contributed by atoms with E-state index in [0.29, 0.717) is 42.3 Å². The van der Waals surface area contributed by atoms with Gasteiger partial charge in [-0.05, 0) is 55.0 Å². The molecule has 1 heterocycles. The zero-order chi connectivity index (χ0) is 23.2. The molecule has 6 nitrogen and oxygen atoms in total. The van der Waals surface area contributed by atoms with Crippen LogP contribution in [0.5, 0.6) is 11.5 Å². The molecule has 0 bridgehead atoms. The van der Waals surface area contributed by atoms with Crippen molar-refractivity contribution >= 4 is 17.4 Å². The second-order valence-corrected chi connectivity index (χ2v) is 8.02. The molecule has 0 saturated carbocycles. The Labute approximate surface area is 194 Å². The van der Waals surface area contributed by atoms with Gasteiger partial charge in [-0.25, -0.2) is 0 Å². The average molecular weight is 445 g/mol. The van der Waals surface area contributed by atoms with Crippen LogP contribution in [-0.2, 0) is 6.61 Å². The summed E-state index contributed by atoms with van der Waals surface area (Å²) in [6.07, 6.45) is 0. The zero-order valence-electron chi connectivity index (χ0n) is 19.0. The third kappa shape index (κ3) is 5.34. The molecule has 0 atom stereocenters. The maximum Gasteiger partial charge on any atom is 0.254 e. The molecule has 33 heavy (non-hydrogen) atoms. The van der Waals surface area contributed by atoms with Crippen LogP contribution < -0.4 is 14.4 Å². The predicted molar refractivity (Wildman–Crippen MR) is 128 cm³/mol. The number of rotatable bonds is 7. The maximum atomic E-state index is 13.1. The molecule has 0 spiro atoms. The summed E-state index contributed by atoms with van der Waals surface area (Å²) in [6, 6.07) is 22.9. The van der Waals surface area contributed by atoms with Crippen LogP contribution in [0.4, 0.5) is 5.69 Å². The maximum absolute atomic E-state index is 13.1. The van der Waals surface area contributed by atoms with Crippen LogP contribution in [0.1, 0.15) is 33.2 Å². The van der Waals surface area contributed by atoms with Gasteiger partial charge in [0.2, 0.25) is 0 Å². The number of carbonyl (C=O) groups is 2. The van der Waals surface area contributed by atoms with Crippen molar-refractivity contribution in [1.29, 1.82) is 0 Å². The van der Waals surface area contributed by atoms with Crippen LogP contribution in [0.25, 0.3) is 0 Å². The van der Waals surface area contributed by atoms with Gasteiger partial charge in [0.25, 0.3) is 5.91 Å². The molecule has 1 saturated heterocycles. The van der Waals surface area contributed by atoms with Crippen LogP contribution in [-0.4, -0.2) is 49.9 Å². The first-order chi connectivity index (χ1) is 16.0. The number of amides is 1. The molecule has 0 unspecified atom stereocenters. The first-order valence-electron chi connectivity index (χ1n) is 11.0. The van der Waals surface area contributed by atoms with E-state index in [1.165, 1.54) is 0 Å². The van der Waals surface area contributed by atoms with Gasteiger partial charge in [0.05, 0.1) is 7.11 Å². The Kier molecular flexibility index (Phi) is 6.93. The van der Waals surface area contributed by atoms with E-state index in [4.69, 9.17) is 9.47 Å². The van der Waals surface area contributed by atoms with Crippen LogP contribution in [0, 0.1) is 0 Å². The monoisotopic (exact) mass is 444 g/mol. The predicted octanol–water partition coefficient (Wildman–Crippen LogP) is 4.44. The van der Waals surface area contributed by atoms with Crippen molar-refractivity contribution in [3.8, 4) is 11.5 Å². The van der Waals surface area contributed by atoms with Gasteiger partial charge in [-0.3, -0.25) is 9.59 Å². The standard InChI is InChI=1S/C27H28N2O4/c1-20(30)22-8-11-24(12-9-22)28-14-16-29(17-15-28)27(31)23-10-13-25(26(18-23)32-2)33-19-21-6-4-3-5-7-21/h3-13,18H,14-17,19H2,1-2H3. The smallest absolute Gasteiger partial charge is 0.254 e.